The van der Waals surface area contributed by atoms with Gasteiger partial charge in [-0.25, -0.2) is 18.9 Å². The summed E-state index contributed by atoms with van der Waals surface area (Å²) >= 11 is 0. The predicted octanol–water partition coefficient (Wildman–Crippen LogP) is 1.97. The number of carbonyl (C=O) groups excluding carboxylic acids is 2. The first kappa shape index (κ1) is 20.4. The molecule has 172 valence electrons. The smallest absolute Gasteiger partial charge is 0.349 e. The molecule has 3 aliphatic rings. The number of para-hydroxylation sites is 1. The SMILES string of the molecule is CC1(C)C(=O)N[C@@H]2CCCC[C@H]2N1C(=O)Cn1nc2c3ccccc3nc(C3CC3)n2c1=O. The molecule has 3 aromatic rings. The summed E-state index contributed by atoms with van der Waals surface area (Å²) in [6.07, 6.45) is 5.77. The number of hydrogen-bond donors (Lipinski definition) is 1. The monoisotopic (exact) mass is 448 g/mol. The lowest BCUT2D eigenvalue weighted by atomic mass is 9.82. The topological polar surface area (TPSA) is 102 Å². The maximum Gasteiger partial charge on any atom is 0.352 e. The summed E-state index contributed by atoms with van der Waals surface area (Å²) in [4.78, 5) is 46.3. The van der Waals surface area contributed by atoms with Gasteiger partial charge in [0.15, 0.2) is 5.65 Å². The van der Waals surface area contributed by atoms with Gasteiger partial charge in [0.1, 0.15) is 17.9 Å². The summed E-state index contributed by atoms with van der Waals surface area (Å²) in [5.41, 5.74) is 0.00454. The first-order valence-corrected chi connectivity index (χ1v) is 11.9. The van der Waals surface area contributed by atoms with Crippen LogP contribution in [0.25, 0.3) is 16.6 Å². The van der Waals surface area contributed by atoms with Crippen LogP contribution in [0.5, 0.6) is 0 Å². The molecule has 1 saturated heterocycles. The predicted molar refractivity (Wildman–Crippen MR) is 122 cm³/mol. The van der Waals surface area contributed by atoms with Gasteiger partial charge in [0.2, 0.25) is 11.8 Å². The Morgan fingerprint density at radius 2 is 1.88 bits per heavy atom. The normalized spacial score (nSPS) is 24.7. The molecule has 6 rings (SSSR count). The number of hydrogen-bond acceptors (Lipinski definition) is 5. The van der Waals surface area contributed by atoms with E-state index in [2.05, 4.69) is 10.4 Å². The van der Waals surface area contributed by atoms with Crippen LogP contribution in [0.2, 0.25) is 0 Å². The van der Waals surface area contributed by atoms with Crippen molar-refractivity contribution >= 4 is 28.4 Å². The molecular weight excluding hydrogens is 420 g/mol. The Labute approximate surface area is 190 Å². The number of fused-ring (bicyclic) bond motifs is 4. The second kappa shape index (κ2) is 7.13. The van der Waals surface area contributed by atoms with Crippen molar-refractivity contribution in [1.29, 1.82) is 0 Å². The third-order valence-corrected chi connectivity index (χ3v) is 7.48. The molecule has 3 fully saturated rings. The minimum Gasteiger partial charge on any atom is -0.349 e. The third-order valence-electron chi connectivity index (χ3n) is 7.48. The van der Waals surface area contributed by atoms with Gasteiger partial charge in [0.25, 0.3) is 0 Å². The van der Waals surface area contributed by atoms with Crippen LogP contribution < -0.4 is 11.0 Å². The van der Waals surface area contributed by atoms with Crippen LogP contribution in [-0.4, -0.2) is 53.5 Å². The molecule has 0 spiro atoms. The van der Waals surface area contributed by atoms with E-state index >= 15 is 0 Å². The van der Waals surface area contributed by atoms with Gasteiger partial charge in [-0.3, -0.25) is 9.59 Å². The molecule has 0 unspecified atom stereocenters. The molecule has 1 aromatic carbocycles. The molecule has 33 heavy (non-hydrogen) atoms. The highest BCUT2D eigenvalue weighted by Gasteiger charge is 2.50. The number of nitrogens with one attached hydrogen (secondary N) is 1. The maximum atomic E-state index is 13.6. The van der Waals surface area contributed by atoms with Crippen LogP contribution in [0.15, 0.2) is 29.1 Å². The van der Waals surface area contributed by atoms with Crippen molar-refractivity contribution in [3.05, 3.63) is 40.6 Å². The first-order valence-electron chi connectivity index (χ1n) is 11.9. The minimum atomic E-state index is -0.980. The van der Waals surface area contributed by atoms with Gasteiger partial charge >= 0.3 is 5.69 Å². The molecule has 1 N–H and O–H groups in total. The Morgan fingerprint density at radius 3 is 2.67 bits per heavy atom. The Bertz CT molecular complexity index is 1350. The van der Waals surface area contributed by atoms with Gasteiger partial charge in [-0.2, -0.15) is 0 Å². The molecule has 2 atom stereocenters. The van der Waals surface area contributed by atoms with E-state index in [-0.39, 0.29) is 42.1 Å². The van der Waals surface area contributed by atoms with Crippen LogP contribution in [0, 0.1) is 0 Å². The highest BCUT2D eigenvalue weighted by atomic mass is 16.2. The number of nitrogens with zero attached hydrogens (tertiary/aromatic N) is 5. The van der Waals surface area contributed by atoms with E-state index in [0.29, 0.717) is 5.65 Å². The van der Waals surface area contributed by atoms with E-state index in [1.165, 1.54) is 4.68 Å². The van der Waals surface area contributed by atoms with Crippen molar-refractivity contribution in [3.8, 4) is 0 Å². The first-order chi connectivity index (χ1) is 15.9. The molecule has 9 heteroatoms. The average molecular weight is 449 g/mol. The van der Waals surface area contributed by atoms with Crippen LogP contribution in [-0.2, 0) is 16.1 Å². The highest BCUT2D eigenvalue weighted by Crippen LogP contribution is 2.39. The number of benzene rings is 1. The summed E-state index contributed by atoms with van der Waals surface area (Å²) in [6, 6.07) is 7.55. The summed E-state index contributed by atoms with van der Waals surface area (Å²) in [7, 11) is 0. The summed E-state index contributed by atoms with van der Waals surface area (Å²) < 4.78 is 2.82. The third kappa shape index (κ3) is 3.08. The fourth-order valence-electron chi connectivity index (χ4n) is 5.60. The summed E-state index contributed by atoms with van der Waals surface area (Å²) in [6.45, 7) is 3.36. The number of amides is 2. The summed E-state index contributed by atoms with van der Waals surface area (Å²) in [5, 5.41) is 8.49. The van der Waals surface area contributed by atoms with E-state index in [1.54, 1.807) is 23.1 Å². The Morgan fingerprint density at radius 1 is 1.12 bits per heavy atom. The van der Waals surface area contributed by atoms with Crippen molar-refractivity contribution in [2.45, 2.75) is 82.5 Å². The van der Waals surface area contributed by atoms with Crippen molar-refractivity contribution in [3.63, 3.8) is 0 Å². The number of piperazine rings is 1. The number of carbonyl (C=O) groups is 2. The van der Waals surface area contributed by atoms with Crippen molar-refractivity contribution in [2.75, 3.05) is 0 Å². The molecule has 9 nitrogen and oxygen atoms in total. The second-order valence-corrected chi connectivity index (χ2v) is 10.1. The van der Waals surface area contributed by atoms with Gasteiger partial charge in [-0.05, 0) is 51.7 Å². The van der Waals surface area contributed by atoms with Gasteiger partial charge < -0.3 is 10.2 Å². The quantitative estimate of drug-likeness (QED) is 0.660. The number of rotatable bonds is 3. The number of aromatic nitrogens is 4. The fraction of sp³-hybridized carbons (Fsp3) is 0.542. The average Bonchev–Trinajstić information content (AvgIpc) is 3.59. The van der Waals surface area contributed by atoms with Crippen molar-refractivity contribution < 1.29 is 9.59 Å². The Hall–Kier alpha value is -3.23. The lowest BCUT2D eigenvalue weighted by Gasteiger charge is -2.52. The van der Waals surface area contributed by atoms with Gasteiger partial charge in [0.05, 0.1) is 11.6 Å². The van der Waals surface area contributed by atoms with Gasteiger partial charge in [-0.15, -0.1) is 5.10 Å². The van der Waals surface area contributed by atoms with Crippen LogP contribution in [0.4, 0.5) is 0 Å². The van der Waals surface area contributed by atoms with E-state index in [9.17, 15) is 14.4 Å². The Balaban J connectivity index is 1.43. The zero-order valence-electron chi connectivity index (χ0n) is 19.0. The van der Waals surface area contributed by atoms with Crippen LogP contribution in [0.3, 0.4) is 0 Å². The molecular formula is C24H28N6O3. The molecule has 0 radical (unpaired) electrons. The minimum absolute atomic E-state index is 0.0318. The lowest BCUT2D eigenvalue weighted by molar-refractivity contribution is -0.158. The maximum absolute atomic E-state index is 13.6. The van der Waals surface area contributed by atoms with Gasteiger partial charge in [0, 0.05) is 17.3 Å². The van der Waals surface area contributed by atoms with Crippen LogP contribution in [0.1, 0.15) is 64.1 Å². The molecule has 3 heterocycles. The molecule has 0 bridgehead atoms. The summed E-state index contributed by atoms with van der Waals surface area (Å²) in [5.74, 6) is 0.573. The molecule has 2 saturated carbocycles. The van der Waals surface area contributed by atoms with E-state index in [4.69, 9.17) is 4.98 Å². The standard InChI is InChI=1S/C24H28N6O3/c1-24(2)22(32)26-17-9-5-6-10-18(17)30(24)19(31)13-28-23(33)29-20(14-11-12-14)25-16-8-4-3-7-15(16)21(29)27-28/h3-4,7-8,14,17-18H,5-6,9-13H2,1-2H3,(H,26,32)/t17-,18-/m1/s1. The highest BCUT2D eigenvalue weighted by molar-refractivity contribution is 5.93. The Kier molecular flexibility index (Phi) is 4.41. The van der Waals surface area contributed by atoms with E-state index in [1.807, 2.05) is 24.3 Å². The second-order valence-electron chi connectivity index (χ2n) is 10.1. The molecule has 2 amide bonds. The zero-order valence-corrected chi connectivity index (χ0v) is 19.0. The van der Waals surface area contributed by atoms with Crippen molar-refractivity contribution in [2.24, 2.45) is 0 Å². The molecule has 1 aliphatic heterocycles. The van der Waals surface area contributed by atoms with Crippen molar-refractivity contribution in [1.82, 2.24) is 29.4 Å². The van der Waals surface area contributed by atoms with Crippen LogP contribution >= 0.6 is 0 Å². The molecule has 2 aromatic heterocycles. The largest absolute Gasteiger partial charge is 0.352 e. The van der Waals surface area contributed by atoms with E-state index < -0.39 is 5.54 Å². The fourth-order valence-corrected chi connectivity index (χ4v) is 5.60. The zero-order chi connectivity index (χ0) is 22.9. The molecule has 2 aliphatic carbocycles. The lowest BCUT2D eigenvalue weighted by Crippen LogP contribution is -2.72. The van der Waals surface area contributed by atoms with E-state index in [0.717, 1.165) is 55.3 Å². The van der Waals surface area contributed by atoms with Gasteiger partial charge in [-0.1, -0.05) is 25.0 Å².